The first-order valence-electron chi connectivity index (χ1n) is 5.54. The second kappa shape index (κ2) is 3.46. The lowest BCUT2D eigenvalue weighted by Crippen LogP contribution is -1.98. The van der Waals surface area contributed by atoms with Gasteiger partial charge >= 0.3 is 0 Å². The van der Waals surface area contributed by atoms with Crippen LogP contribution in [0.15, 0.2) is 42.5 Å². The Hall–Kier alpha value is -1.60. The van der Waals surface area contributed by atoms with Crippen LogP contribution < -0.4 is 0 Å². The Balaban J connectivity index is 2.30. The molecule has 1 atom stereocenters. The van der Waals surface area contributed by atoms with Gasteiger partial charge in [0.25, 0.3) is 0 Å². The summed E-state index contributed by atoms with van der Waals surface area (Å²) in [7, 11) is 1.77. The molecule has 0 N–H and O–H groups in total. The van der Waals surface area contributed by atoms with E-state index in [-0.39, 0.29) is 6.10 Å². The second-order valence-electron chi connectivity index (χ2n) is 4.29. The summed E-state index contributed by atoms with van der Waals surface area (Å²) >= 11 is 0. The summed E-state index contributed by atoms with van der Waals surface area (Å²) in [5.74, 6) is 0. The Labute approximate surface area is 95.7 Å². The van der Waals surface area contributed by atoms with E-state index in [0.717, 1.165) is 0 Å². The normalized spacial score (nSPS) is 17.0. The van der Waals surface area contributed by atoms with E-state index in [0.29, 0.717) is 0 Å². The minimum atomic E-state index is 0.104. The third-order valence-electron chi connectivity index (χ3n) is 3.26. The number of hydrogen-bond donors (Lipinski definition) is 0. The minimum Gasteiger partial charge on any atom is -0.372 e. The highest BCUT2D eigenvalue weighted by molar-refractivity contribution is 5.78. The van der Waals surface area contributed by atoms with E-state index < -0.39 is 0 Å². The van der Waals surface area contributed by atoms with E-state index >= 15 is 0 Å². The van der Waals surface area contributed by atoms with Crippen molar-refractivity contribution >= 4 is 0 Å². The Morgan fingerprint density at radius 1 is 0.938 bits per heavy atom. The molecule has 0 radical (unpaired) electrons. The summed E-state index contributed by atoms with van der Waals surface area (Å²) in [5.41, 5.74) is 6.50. The van der Waals surface area contributed by atoms with Gasteiger partial charge < -0.3 is 4.74 Å². The summed E-state index contributed by atoms with van der Waals surface area (Å²) in [6.45, 7) is 2.13. The van der Waals surface area contributed by atoms with Crippen LogP contribution in [-0.2, 0) is 4.74 Å². The molecule has 1 aliphatic carbocycles. The van der Waals surface area contributed by atoms with Gasteiger partial charge in [0.05, 0.1) is 0 Å². The van der Waals surface area contributed by atoms with Crippen molar-refractivity contribution in [2.45, 2.75) is 13.0 Å². The molecule has 2 aromatic rings. The van der Waals surface area contributed by atoms with Crippen molar-refractivity contribution in [2.24, 2.45) is 0 Å². The SMILES string of the molecule is COC1c2ccccc2-c2cc(C)ccc21. The number of rotatable bonds is 1. The summed E-state index contributed by atoms with van der Waals surface area (Å²) in [6.07, 6.45) is 0.104. The molecule has 16 heavy (non-hydrogen) atoms. The van der Waals surface area contributed by atoms with Gasteiger partial charge in [-0.3, -0.25) is 0 Å². The Kier molecular flexibility index (Phi) is 2.08. The molecule has 0 bridgehead atoms. The highest BCUT2D eigenvalue weighted by Gasteiger charge is 2.27. The zero-order valence-corrected chi connectivity index (χ0v) is 9.53. The fourth-order valence-corrected chi connectivity index (χ4v) is 2.52. The number of ether oxygens (including phenoxy) is 1. The van der Waals surface area contributed by atoms with Crippen molar-refractivity contribution in [3.8, 4) is 11.1 Å². The number of fused-ring (bicyclic) bond motifs is 3. The lowest BCUT2D eigenvalue weighted by Gasteiger charge is -2.10. The molecule has 0 saturated heterocycles. The van der Waals surface area contributed by atoms with Gasteiger partial charge in [-0.1, -0.05) is 48.0 Å². The molecule has 0 aromatic heterocycles. The predicted molar refractivity (Wildman–Crippen MR) is 65.5 cm³/mol. The molecule has 0 saturated carbocycles. The summed E-state index contributed by atoms with van der Waals surface area (Å²) in [4.78, 5) is 0. The van der Waals surface area contributed by atoms with Crippen molar-refractivity contribution in [1.82, 2.24) is 0 Å². The number of methoxy groups -OCH3 is 1. The molecule has 0 heterocycles. The standard InChI is InChI=1S/C15H14O/c1-10-7-8-13-14(9-10)11-5-3-4-6-12(11)15(13)16-2/h3-9,15H,1-2H3. The lowest BCUT2D eigenvalue weighted by atomic mass is 10.0. The molecule has 1 aliphatic rings. The average Bonchev–Trinajstić information content (AvgIpc) is 2.62. The third-order valence-corrected chi connectivity index (χ3v) is 3.26. The number of aryl methyl sites for hydroxylation is 1. The van der Waals surface area contributed by atoms with Crippen LogP contribution in [0.3, 0.4) is 0 Å². The summed E-state index contributed by atoms with van der Waals surface area (Å²) < 4.78 is 5.60. The molecule has 0 aliphatic heterocycles. The minimum absolute atomic E-state index is 0.104. The fraction of sp³-hybridized carbons (Fsp3) is 0.200. The average molecular weight is 210 g/mol. The van der Waals surface area contributed by atoms with Gasteiger partial charge in [-0.2, -0.15) is 0 Å². The maximum Gasteiger partial charge on any atom is 0.108 e. The van der Waals surface area contributed by atoms with Crippen molar-refractivity contribution in [2.75, 3.05) is 7.11 Å². The van der Waals surface area contributed by atoms with Crippen LogP contribution in [0.1, 0.15) is 22.8 Å². The van der Waals surface area contributed by atoms with Crippen molar-refractivity contribution in [3.63, 3.8) is 0 Å². The van der Waals surface area contributed by atoms with Gasteiger partial charge in [0.15, 0.2) is 0 Å². The molecule has 80 valence electrons. The van der Waals surface area contributed by atoms with Crippen molar-refractivity contribution < 1.29 is 4.74 Å². The summed E-state index contributed by atoms with van der Waals surface area (Å²) in [6, 6.07) is 15.1. The molecule has 3 rings (SSSR count). The zero-order chi connectivity index (χ0) is 11.1. The Morgan fingerprint density at radius 3 is 2.50 bits per heavy atom. The van der Waals surface area contributed by atoms with E-state index in [9.17, 15) is 0 Å². The van der Waals surface area contributed by atoms with Crippen molar-refractivity contribution in [3.05, 3.63) is 59.2 Å². The van der Waals surface area contributed by atoms with E-state index in [1.54, 1.807) is 7.11 Å². The maximum absolute atomic E-state index is 5.60. The second-order valence-corrected chi connectivity index (χ2v) is 4.29. The largest absolute Gasteiger partial charge is 0.372 e. The van der Waals surface area contributed by atoms with Crippen LogP contribution in [0, 0.1) is 6.92 Å². The van der Waals surface area contributed by atoms with Gasteiger partial charge in [-0.15, -0.1) is 0 Å². The highest BCUT2D eigenvalue weighted by atomic mass is 16.5. The molecular weight excluding hydrogens is 196 g/mol. The van der Waals surface area contributed by atoms with Crippen LogP contribution >= 0.6 is 0 Å². The smallest absolute Gasteiger partial charge is 0.108 e. The van der Waals surface area contributed by atoms with Gasteiger partial charge in [0.1, 0.15) is 6.10 Å². The van der Waals surface area contributed by atoms with Crippen LogP contribution in [0.4, 0.5) is 0 Å². The maximum atomic E-state index is 5.60. The summed E-state index contributed by atoms with van der Waals surface area (Å²) in [5, 5.41) is 0. The molecule has 0 amide bonds. The molecule has 0 spiro atoms. The molecule has 1 unspecified atom stereocenters. The quantitative estimate of drug-likeness (QED) is 0.697. The Morgan fingerprint density at radius 2 is 1.69 bits per heavy atom. The molecule has 0 fully saturated rings. The topological polar surface area (TPSA) is 9.23 Å². The molecule has 1 heteroatoms. The lowest BCUT2D eigenvalue weighted by molar-refractivity contribution is 0.140. The first-order valence-corrected chi connectivity index (χ1v) is 5.54. The van der Waals surface area contributed by atoms with E-state index in [1.165, 1.54) is 27.8 Å². The number of benzene rings is 2. The van der Waals surface area contributed by atoms with Gasteiger partial charge in [-0.05, 0) is 29.2 Å². The molecule has 2 aromatic carbocycles. The van der Waals surface area contributed by atoms with Crippen LogP contribution in [0.2, 0.25) is 0 Å². The Bertz CT molecular complexity index is 543. The van der Waals surface area contributed by atoms with Crippen LogP contribution in [-0.4, -0.2) is 7.11 Å². The van der Waals surface area contributed by atoms with E-state index in [1.807, 2.05) is 0 Å². The van der Waals surface area contributed by atoms with E-state index in [2.05, 4.69) is 49.4 Å². The monoisotopic (exact) mass is 210 g/mol. The number of hydrogen-bond acceptors (Lipinski definition) is 1. The van der Waals surface area contributed by atoms with Crippen LogP contribution in [0.5, 0.6) is 0 Å². The van der Waals surface area contributed by atoms with Crippen LogP contribution in [0.25, 0.3) is 11.1 Å². The van der Waals surface area contributed by atoms with Gasteiger partial charge in [0, 0.05) is 7.11 Å². The fourth-order valence-electron chi connectivity index (χ4n) is 2.52. The highest BCUT2D eigenvalue weighted by Crippen LogP contribution is 2.44. The molecular formula is C15H14O. The first kappa shape index (κ1) is 9.61. The third kappa shape index (κ3) is 1.22. The van der Waals surface area contributed by atoms with E-state index in [4.69, 9.17) is 4.74 Å². The predicted octanol–water partition coefficient (Wildman–Crippen LogP) is 3.71. The van der Waals surface area contributed by atoms with Gasteiger partial charge in [-0.25, -0.2) is 0 Å². The zero-order valence-electron chi connectivity index (χ0n) is 9.53. The van der Waals surface area contributed by atoms with Gasteiger partial charge in [0.2, 0.25) is 0 Å². The first-order chi connectivity index (χ1) is 7.81. The molecule has 1 nitrogen and oxygen atoms in total. The van der Waals surface area contributed by atoms with Crippen molar-refractivity contribution in [1.29, 1.82) is 0 Å².